The summed E-state index contributed by atoms with van der Waals surface area (Å²) >= 11 is 0. The Hall–Kier alpha value is -1.67. The Labute approximate surface area is 105 Å². The van der Waals surface area contributed by atoms with Gasteiger partial charge in [-0.2, -0.15) is 0 Å². The van der Waals surface area contributed by atoms with Crippen LogP contribution in [0.1, 0.15) is 30.2 Å². The Bertz CT molecular complexity index is 603. The lowest BCUT2D eigenvalue weighted by Crippen LogP contribution is -2.28. The Morgan fingerprint density at radius 3 is 2.89 bits per heavy atom. The van der Waals surface area contributed by atoms with Crippen molar-refractivity contribution in [3.05, 3.63) is 35.7 Å². The summed E-state index contributed by atoms with van der Waals surface area (Å²) in [5, 5.41) is 3.65. The molecule has 7 nitrogen and oxygen atoms in total. The van der Waals surface area contributed by atoms with Gasteiger partial charge in [-0.15, -0.1) is 0 Å². The molecule has 0 radical (unpaired) electrons. The number of imidazole rings is 1. The van der Waals surface area contributed by atoms with E-state index in [-0.39, 0.29) is 5.75 Å². The third-order valence-corrected chi connectivity index (χ3v) is 3.69. The lowest BCUT2D eigenvalue weighted by molar-refractivity contribution is 0.392. The maximum atomic E-state index is 11.9. The molecule has 2 rings (SSSR count). The van der Waals surface area contributed by atoms with Gasteiger partial charge in [-0.05, 0) is 13.8 Å². The van der Waals surface area contributed by atoms with Crippen LogP contribution in [-0.2, 0) is 15.8 Å². The number of nitrogens with zero attached hydrogens (tertiary/aromatic N) is 2. The van der Waals surface area contributed by atoms with Crippen LogP contribution >= 0.6 is 0 Å². The highest BCUT2D eigenvalue weighted by Gasteiger charge is 2.19. The highest BCUT2D eigenvalue weighted by Crippen LogP contribution is 2.11. The molecule has 0 aliphatic rings. The molecular weight excluding hydrogens is 256 g/mol. The summed E-state index contributed by atoms with van der Waals surface area (Å²) in [5.74, 6) is 0.934. The number of nitrogens with one attached hydrogen (secondary N) is 2. The number of aromatic amines is 1. The molecule has 0 saturated carbocycles. The van der Waals surface area contributed by atoms with Crippen LogP contribution in [0.4, 0.5) is 0 Å². The van der Waals surface area contributed by atoms with E-state index in [1.54, 1.807) is 32.3 Å². The van der Waals surface area contributed by atoms with Gasteiger partial charge >= 0.3 is 0 Å². The third kappa shape index (κ3) is 3.17. The van der Waals surface area contributed by atoms with Gasteiger partial charge in [0.05, 0.1) is 6.04 Å². The lowest BCUT2D eigenvalue weighted by Gasteiger charge is -2.10. The summed E-state index contributed by atoms with van der Waals surface area (Å²) in [7, 11) is -3.48. The summed E-state index contributed by atoms with van der Waals surface area (Å²) in [6.07, 6.45) is 3.21. The molecule has 2 heterocycles. The van der Waals surface area contributed by atoms with E-state index in [0.29, 0.717) is 17.3 Å². The zero-order chi connectivity index (χ0) is 13.2. The van der Waals surface area contributed by atoms with Gasteiger partial charge in [0.1, 0.15) is 23.0 Å². The van der Waals surface area contributed by atoms with E-state index in [4.69, 9.17) is 4.52 Å². The van der Waals surface area contributed by atoms with Crippen LogP contribution in [0.5, 0.6) is 0 Å². The maximum absolute atomic E-state index is 11.9. The molecule has 0 aromatic carbocycles. The Balaban J connectivity index is 2.03. The number of H-pyrrole nitrogens is 1. The zero-order valence-corrected chi connectivity index (χ0v) is 10.9. The smallest absolute Gasteiger partial charge is 0.218 e. The van der Waals surface area contributed by atoms with Crippen LogP contribution in [0.15, 0.2) is 23.0 Å². The standard InChI is InChI=1S/C10H14N4O3S/c1-7-5-9(13-17-7)6-18(15,16)14-8(2)10-11-3-4-12-10/h3-5,8,14H,6H2,1-2H3,(H,11,12). The molecule has 1 unspecified atom stereocenters. The zero-order valence-electron chi connectivity index (χ0n) is 10.0. The van der Waals surface area contributed by atoms with Gasteiger partial charge in [0, 0.05) is 18.5 Å². The fourth-order valence-corrected chi connectivity index (χ4v) is 2.82. The number of rotatable bonds is 5. The monoisotopic (exact) mass is 270 g/mol. The van der Waals surface area contributed by atoms with Gasteiger partial charge in [0.15, 0.2) is 0 Å². The maximum Gasteiger partial charge on any atom is 0.218 e. The molecule has 2 aromatic heterocycles. The SMILES string of the molecule is Cc1cc(CS(=O)(=O)NC(C)c2ncc[nH]2)no1. The number of hydrogen-bond donors (Lipinski definition) is 2. The molecule has 0 spiro atoms. The fourth-order valence-electron chi connectivity index (χ4n) is 1.56. The number of aromatic nitrogens is 3. The van der Waals surface area contributed by atoms with Crippen molar-refractivity contribution in [2.24, 2.45) is 0 Å². The first-order chi connectivity index (χ1) is 8.46. The van der Waals surface area contributed by atoms with E-state index in [2.05, 4.69) is 19.8 Å². The summed E-state index contributed by atoms with van der Waals surface area (Å²) in [6, 6.07) is 1.18. The molecule has 0 saturated heterocycles. The molecule has 18 heavy (non-hydrogen) atoms. The largest absolute Gasteiger partial charge is 0.361 e. The summed E-state index contributed by atoms with van der Waals surface area (Å²) in [6.45, 7) is 3.42. The van der Waals surface area contributed by atoms with Crippen molar-refractivity contribution in [1.29, 1.82) is 0 Å². The molecule has 98 valence electrons. The average Bonchev–Trinajstić information content (AvgIpc) is 2.88. The van der Waals surface area contributed by atoms with Gasteiger partial charge in [0.2, 0.25) is 10.0 Å². The van der Waals surface area contributed by atoms with Crippen molar-refractivity contribution in [2.45, 2.75) is 25.6 Å². The van der Waals surface area contributed by atoms with Gasteiger partial charge in [-0.25, -0.2) is 18.1 Å². The van der Waals surface area contributed by atoms with E-state index in [0.717, 1.165) is 0 Å². The summed E-state index contributed by atoms with van der Waals surface area (Å²) in [5.41, 5.74) is 0.381. The van der Waals surface area contributed by atoms with Crippen molar-refractivity contribution in [3.8, 4) is 0 Å². The van der Waals surface area contributed by atoms with Crippen LogP contribution in [-0.4, -0.2) is 23.5 Å². The summed E-state index contributed by atoms with van der Waals surface area (Å²) < 4.78 is 31.1. The number of hydrogen-bond acceptors (Lipinski definition) is 5. The van der Waals surface area contributed by atoms with Crippen molar-refractivity contribution >= 4 is 10.0 Å². The van der Waals surface area contributed by atoms with Crippen molar-refractivity contribution < 1.29 is 12.9 Å². The minimum Gasteiger partial charge on any atom is -0.361 e. The van der Waals surface area contributed by atoms with Crippen LogP contribution in [0.25, 0.3) is 0 Å². The van der Waals surface area contributed by atoms with E-state index in [1.807, 2.05) is 0 Å². The molecule has 0 aliphatic heterocycles. The first-order valence-corrected chi connectivity index (χ1v) is 7.03. The van der Waals surface area contributed by atoms with E-state index in [9.17, 15) is 8.42 Å². The lowest BCUT2D eigenvalue weighted by atomic mass is 10.3. The predicted octanol–water partition coefficient (Wildman–Crippen LogP) is 0.887. The fraction of sp³-hybridized carbons (Fsp3) is 0.400. The minimum absolute atomic E-state index is 0.213. The van der Waals surface area contributed by atoms with Gasteiger partial charge in [-0.1, -0.05) is 5.16 Å². The van der Waals surface area contributed by atoms with Crippen LogP contribution in [0.3, 0.4) is 0 Å². The Kier molecular flexibility index (Phi) is 3.48. The molecular formula is C10H14N4O3S. The first kappa shape index (κ1) is 12.8. The molecule has 2 N–H and O–H groups in total. The molecule has 2 aromatic rings. The van der Waals surface area contributed by atoms with Gasteiger partial charge in [0.25, 0.3) is 0 Å². The van der Waals surface area contributed by atoms with Crippen molar-refractivity contribution in [1.82, 2.24) is 19.8 Å². The molecule has 0 aliphatic carbocycles. The predicted molar refractivity (Wildman–Crippen MR) is 64.0 cm³/mol. The van der Waals surface area contributed by atoms with Gasteiger partial charge < -0.3 is 9.51 Å². The summed E-state index contributed by atoms with van der Waals surface area (Å²) in [4.78, 5) is 6.85. The second-order valence-electron chi connectivity index (χ2n) is 4.00. The molecule has 0 fully saturated rings. The van der Waals surface area contributed by atoms with Gasteiger partial charge in [-0.3, -0.25) is 0 Å². The second-order valence-corrected chi connectivity index (χ2v) is 5.76. The average molecular weight is 270 g/mol. The van der Waals surface area contributed by atoms with Crippen molar-refractivity contribution in [2.75, 3.05) is 0 Å². The first-order valence-electron chi connectivity index (χ1n) is 5.38. The van der Waals surface area contributed by atoms with Crippen LogP contribution in [0.2, 0.25) is 0 Å². The van der Waals surface area contributed by atoms with E-state index >= 15 is 0 Å². The second kappa shape index (κ2) is 4.91. The molecule has 0 amide bonds. The Morgan fingerprint density at radius 1 is 1.56 bits per heavy atom. The molecule has 1 atom stereocenters. The highest BCUT2D eigenvalue weighted by atomic mass is 32.2. The van der Waals surface area contributed by atoms with Crippen molar-refractivity contribution in [3.63, 3.8) is 0 Å². The molecule has 8 heteroatoms. The molecule has 0 bridgehead atoms. The number of aryl methyl sites for hydroxylation is 1. The Morgan fingerprint density at radius 2 is 2.33 bits per heavy atom. The normalized spacial score (nSPS) is 13.7. The number of sulfonamides is 1. The van der Waals surface area contributed by atoms with E-state index in [1.165, 1.54) is 0 Å². The third-order valence-electron chi connectivity index (χ3n) is 2.30. The van der Waals surface area contributed by atoms with Crippen LogP contribution in [0, 0.1) is 6.92 Å². The van der Waals surface area contributed by atoms with E-state index < -0.39 is 16.1 Å². The van der Waals surface area contributed by atoms with Crippen LogP contribution < -0.4 is 4.72 Å². The quantitative estimate of drug-likeness (QED) is 0.840. The topological polar surface area (TPSA) is 101 Å². The highest BCUT2D eigenvalue weighted by molar-refractivity contribution is 7.88. The minimum atomic E-state index is -3.48.